The quantitative estimate of drug-likeness (QED) is 0.916. The van der Waals surface area contributed by atoms with Gasteiger partial charge in [-0.15, -0.1) is 0 Å². The average molecular weight is 355 g/mol. The summed E-state index contributed by atoms with van der Waals surface area (Å²) in [6.07, 6.45) is 7.05. The summed E-state index contributed by atoms with van der Waals surface area (Å²) in [6.45, 7) is 4.79. The topological polar surface area (TPSA) is 50.5 Å². The molecule has 1 saturated heterocycles. The van der Waals surface area contributed by atoms with Crippen molar-refractivity contribution in [2.24, 2.45) is 18.9 Å². The minimum absolute atomic E-state index is 0.229. The molecule has 2 aliphatic rings. The van der Waals surface area contributed by atoms with Crippen LogP contribution >= 0.6 is 0 Å². The van der Waals surface area contributed by atoms with Crippen LogP contribution in [-0.2, 0) is 19.2 Å². The van der Waals surface area contributed by atoms with Gasteiger partial charge in [0.1, 0.15) is 17.2 Å². The molecular formula is C21H29N3O2. The first-order chi connectivity index (χ1) is 12.5. The zero-order valence-electron chi connectivity index (χ0n) is 16.0. The highest BCUT2D eigenvalue weighted by molar-refractivity contribution is 5.37. The molecule has 26 heavy (non-hydrogen) atoms. The molecule has 1 saturated carbocycles. The zero-order chi connectivity index (χ0) is 18.3. The van der Waals surface area contributed by atoms with E-state index in [2.05, 4.69) is 35.0 Å². The molecule has 0 spiro atoms. The Bertz CT molecular complexity index is 771. The molecule has 0 amide bonds. The number of benzene rings is 1. The van der Waals surface area contributed by atoms with Crippen LogP contribution in [0.25, 0.3) is 0 Å². The third kappa shape index (κ3) is 2.83. The highest BCUT2D eigenvalue weighted by Gasteiger charge is 2.53. The predicted molar refractivity (Wildman–Crippen MR) is 101 cm³/mol. The van der Waals surface area contributed by atoms with Gasteiger partial charge in [-0.3, -0.25) is 4.90 Å². The molecule has 0 unspecified atom stereocenters. The van der Waals surface area contributed by atoms with Gasteiger partial charge in [0.2, 0.25) is 0 Å². The SMILES string of the molecule is COc1ccc(C)cc1CN1C[C@H]2CCC[C@H](C1)C2(O)c1nccn1C. The number of aromatic nitrogens is 2. The fraction of sp³-hybridized carbons (Fsp3) is 0.571. The molecule has 5 nitrogen and oxygen atoms in total. The number of aryl methyl sites for hydroxylation is 2. The number of rotatable bonds is 4. The minimum atomic E-state index is -0.802. The van der Waals surface area contributed by atoms with Gasteiger partial charge in [0.15, 0.2) is 0 Å². The van der Waals surface area contributed by atoms with Gasteiger partial charge >= 0.3 is 0 Å². The maximum atomic E-state index is 11.7. The Hall–Kier alpha value is -1.85. The van der Waals surface area contributed by atoms with Crippen LogP contribution in [0.15, 0.2) is 30.6 Å². The average Bonchev–Trinajstić information content (AvgIpc) is 3.03. The van der Waals surface area contributed by atoms with E-state index >= 15 is 0 Å². The summed E-state index contributed by atoms with van der Waals surface area (Å²) in [5.41, 5.74) is 1.68. The smallest absolute Gasteiger partial charge is 0.141 e. The lowest BCUT2D eigenvalue weighted by Gasteiger charge is -2.52. The molecule has 0 radical (unpaired) electrons. The summed E-state index contributed by atoms with van der Waals surface area (Å²) in [7, 11) is 3.72. The lowest BCUT2D eigenvalue weighted by Crippen LogP contribution is -2.58. The standard InChI is InChI=1S/C21H29N3O2/c1-15-7-8-19(26-3)16(11-15)12-24-13-17-5-4-6-18(14-24)21(17,25)20-22-9-10-23(20)2/h7-11,17-18,25H,4-6,12-14H2,1-3H3/t17-,18-/m1/s1. The van der Waals surface area contributed by atoms with Crippen molar-refractivity contribution >= 4 is 0 Å². The van der Waals surface area contributed by atoms with Crippen molar-refractivity contribution in [1.82, 2.24) is 14.5 Å². The number of fused-ring (bicyclic) bond motifs is 2. The molecule has 2 fully saturated rings. The second-order valence-corrected chi connectivity index (χ2v) is 8.02. The molecule has 4 rings (SSSR count). The summed E-state index contributed by atoms with van der Waals surface area (Å²) < 4.78 is 7.55. The number of nitrogens with zero attached hydrogens (tertiary/aromatic N) is 3. The monoisotopic (exact) mass is 355 g/mol. The van der Waals surface area contributed by atoms with Crippen LogP contribution in [0.2, 0.25) is 0 Å². The predicted octanol–water partition coefficient (Wildman–Crippen LogP) is 2.86. The fourth-order valence-electron chi connectivity index (χ4n) is 5.06. The van der Waals surface area contributed by atoms with Gasteiger partial charge < -0.3 is 14.4 Å². The van der Waals surface area contributed by atoms with Crippen molar-refractivity contribution in [3.05, 3.63) is 47.5 Å². The number of ether oxygens (including phenoxy) is 1. The fourth-order valence-corrected chi connectivity index (χ4v) is 5.06. The van der Waals surface area contributed by atoms with Gasteiger partial charge in [-0.2, -0.15) is 0 Å². The molecule has 2 aromatic rings. The van der Waals surface area contributed by atoms with Crippen molar-refractivity contribution in [1.29, 1.82) is 0 Å². The lowest BCUT2D eigenvalue weighted by molar-refractivity contribution is -0.155. The minimum Gasteiger partial charge on any atom is -0.496 e. The number of hydrogen-bond acceptors (Lipinski definition) is 4. The van der Waals surface area contributed by atoms with Crippen LogP contribution in [0.3, 0.4) is 0 Å². The first-order valence-corrected chi connectivity index (χ1v) is 9.58. The van der Waals surface area contributed by atoms with Crippen LogP contribution in [0.1, 0.15) is 36.2 Å². The van der Waals surface area contributed by atoms with E-state index in [1.807, 2.05) is 17.8 Å². The van der Waals surface area contributed by atoms with Gasteiger partial charge in [0.05, 0.1) is 7.11 Å². The Balaban J connectivity index is 1.59. The van der Waals surface area contributed by atoms with E-state index in [1.165, 1.54) is 17.5 Å². The van der Waals surface area contributed by atoms with Crippen LogP contribution in [0.5, 0.6) is 5.75 Å². The van der Waals surface area contributed by atoms with Crippen LogP contribution in [0, 0.1) is 18.8 Å². The van der Waals surface area contributed by atoms with Crippen LogP contribution < -0.4 is 4.74 Å². The van der Waals surface area contributed by atoms with Crippen molar-refractivity contribution in [3.8, 4) is 5.75 Å². The summed E-state index contributed by atoms with van der Waals surface area (Å²) >= 11 is 0. The normalized spacial score (nSPS) is 28.9. The van der Waals surface area contributed by atoms with E-state index in [0.29, 0.717) is 0 Å². The highest BCUT2D eigenvalue weighted by atomic mass is 16.5. The van der Waals surface area contributed by atoms with E-state index in [0.717, 1.165) is 44.0 Å². The molecule has 1 N–H and O–H groups in total. The number of imidazole rings is 1. The van der Waals surface area contributed by atoms with Gasteiger partial charge in [0.25, 0.3) is 0 Å². The largest absolute Gasteiger partial charge is 0.496 e. The zero-order valence-corrected chi connectivity index (χ0v) is 16.0. The number of likely N-dealkylation sites (tertiary alicyclic amines) is 1. The van der Waals surface area contributed by atoms with Crippen LogP contribution in [-0.4, -0.2) is 39.8 Å². The summed E-state index contributed by atoms with van der Waals surface area (Å²) in [5.74, 6) is 2.24. The van der Waals surface area contributed by atoms with Gasteiger partial charge in [0, 0.05) is 56.5 Å². The van der Waals surface area contributed by atoms with Crippen molar-refractivity contribution in [2.45, 2.75) is 38.3 Å². The van der Waals surface area contributed by atoms with Crippen LogP contribution in [0.4, 0.5) is 0 Å². The van der Waals surface area contributed by atoms with Crippen molar-refractivity contribution in [2.75, 3.05) is 20.2 Å². The second-order valence-electron chi connectivity index (χ2n) is 8.02. The molecule has 2 atom stereocenters. The third-order valence-electron chi connectivity index (χ3n) is 6.32. The Morgan fingerprint density at radius 1 is 1.27 bits per heavy atom. The molecule has 140 valence electrons. The number of aliphatic hydroxyl groups is 1. The van der Waals surface area contributed by atoms with Gasteiger partial charge in [-0.05, 0) is 25.8 Å². The lowest BCUT2D eigenvalue weighted by atomic mass is 9.65. The molecule has 2 bridgehead atoms. The van der Waals surface area contributed by atoms with Crippen molar-refractivity contribution in [3.63, 3.8) is 0 Å². The van der Waals surface area contributed by atoms with Gasteiger partial charge in [-0.1, -0.05) is 24.1 Å². The first-order valence-electron chi connectivity index (χ1n) is 9.58. The molecule has 1 aliphatic carbocycles. The summed E-state index contributed by atoms with van der Waals surface area (Å²) in [5, 5.41) is 11.7. The maximum absolute atomic E-state index is 11.7. The highest BCUT2D eigenvalue weighted by Crippen LogP contribution is 2.48. The molecule has 5 heteroatoms. The summed E-state index contributed by atoms with van der Waals surface area (Å²) in [4.78, 5) is 7.01. The van der Waals surface area contributed by atoms with E-state index in [-0.39, 0.29) is 11.8 Å². The first kappa shape index (κ1) is 17.6. The molecular weight excluding hydrogens is 326 g/mol. The number of hydrogen-bond donors (Lipinski definition) is 1. The molecule has 2 heterocycles. The second kappa shape index (κ2) is 6.71. The Labute approximate surface area is 155 Å². The number of methoxy groups -OCH3 is 1. The van der Waals surface area contributed by atoms with Crippen molar-refractivity contribution < 1.29 is 9.84 Å². The Morgan fingerprint density at radius 3 is 2.62 bits per heavy atom. The Kier molecular flexibility index (Phi) is 4.53. The maximum Gasteiger partial charge on any atom is 0.141 e. The Morgan fingerprint density at radius 2 is 2.00 bits per heavy atom. The summed E-state index contributed by atoms with van der Waals surface area (Å²) in [6, 6.07) is 6.36. The third-order valence-corrected chi connectivity index (χ3v) is 6.32. The van der Waals surface area contributed by atoms with E-state index in [9.17, 15) is 5.11 Å². The van der Waals surface area contributed by atoms with E-state index in [1.54, 1.807) is 13.3 Å². The molecule has 1 aromatic carbocycles. The van der Waals surface area contributed by atoms with E-state index < -0.39 is 5.60 Å². The van der Waals surface area contributed by atoms with Gasteiger partial charge in [-0.25, -0.2) is 4.98 Å². The molecule has 1 aliphatic heterocycles. The molecule has 1 aromatic heterocycles. The number of piperidine rings is 1. The van der Waals surface area contributed by atoms with E-state index in [4.69, 9.17) is 4.74 Å².